The van der Waals surface area contributed by atoms with Crippen molar-refractivity contribution < 1.29 is 18.7 Å². The van der Waals surface area contributed by atoms with E-state index in [-0.39, 0.29) is 5.91 Å². The highest BCUT2D eigenvalue weighted by Crippen LogP contribution is 2.27. The first-order valence-corrected chi connectivity index (χ1v) is 9.59. The molecule has 1 aliphatic heterocycles. The Morgan fingerprint density at radius 2 is 1.82 bits per heavy atom. The second-order valence-corrected chi connectivity index (χ2v) is 6.81. The van der Waals surface area contributed by atoms with Gasteiger partial charge in [0.15, 0.2) is 22.4 Å². The molecule has 0 unspecified atom stereocenters. The van der Waals surface area contributed by atoms with E-state index in [0.717, 1.165) is 30.0 Å². The molecule has 0 spiro atoms. The highest BCUT2D eigenvalue weighted by molar-refractivity contribution is 7.80. The predicted octanol–water partition coefficient (Wildman–Crippen LogP) is 2.17. The molecule has 0 aliphatic carbocycles. The van der Waals surface area contributed by atoms with Gasteiger partial charge in [-0.25, -0.2) is 0 Å². The number of benzene rings is 1. The van der Waals surface area contributed by atoms with E-state index < -0.39 is 0 Å². The summed E-state index contributed by atoms with van der Waals surface area (Å²) in [7, 11) is 3.25. The highest BCUT2D eigenvalue weighted by atomic mass is 32.1. The van der Waals surface area contributed by atoms with Crippen molar-refractivity contribution in [1.82, 2.24) is 15.1 Å². The van der Waals surface area contributed by atoms with Crippen LogP contribution in [0.2, 0.25) is 0 Å². The lowest BCUT2D eigenvalue weighted by Crippen LogP contribution is -2.53. The second kappa shape index (κ2) is 9.45. The number of thiocarbonyl (C=S) groups is 1. The summed E-state index contributed by atoms with van der Waals surface area (Å²) >= 11 is 5.51. The van der Waals surface area contributed by atoms with Gasteiger partial charge < -0.3 is 29.0 Å². The van der Waals surface area contributed by atoms with Crippen LogP contribution in [-0.4, -0.2) is 67.8 Å². The van der Waals surface area contributed by atoms with Crippen molar-refractivity contribution in [2.75, 3.05) is 46.9 Å². The summed E-state index contributed by atoms with van der Waals surface area (Å²) in [5.74, 6) is 1.75. The van der Waals surface area contributed by atoms with Gasteiger partial charge in [0, 0.05) is 32.7 Å². The van der Waals surface area contributed by atoms with Gasteiger partial charge in [-0.15, -0.1) is 0 Å². The Morgan fingerprint density at radius 3 is 2.46 bits per heavy atom. The van der Waals surface area contributed by atoms with Crippen molar-refractivity contribution in [3.05, 3.63) is 47.9 Å². The molecule has 0 radical (unpaired) electrons. The lowest BCUT2D eigenvalue weighted by molar-refractivity contribution is 0.0659. The average molecular weight is 404 g/mol. The van der Waals surface area contributed by atoms with Gasteiger partial charge in [-0.3, -0.25) is 4.79 Å². The molecule has 1 saturated heterocycles. The molecule has 1 fully saturated rings. The number of rotatable bonds is 6. The summed E-state index contributed by atoms with van der Waals surface area (Å²) in [5, 5.41) is 4.02. The lowest BCUT2D eigenvalue weighted by atomic mass is 10.1. The van der Waals surface area contributed by atoms with E-state index in [0.29, 0.717) is 37.1 Å². The molecule has 0 saturated carbocycles. The van der Waals surface area contributed by atoms with Crippen molar-refractivity contribution in [1.29, 1.82) is 0 Å². The number of amides is 1. The summed E-state index contributed by atoms with van der Waals surface area (Å²) in [4.78, 5) is 16.2. The van der Waals surface area contributed by atoms with Crippen molar-refractivity contribution in [3.8, 4) is 11.5 Å². The summed E-state index contributed by atoms with van der Waals surface area (Å²) in [6, 6.07) is 9.31. The zero-order valence-corrected chi connectivity index (χ0v) is 17.0. The third kappa shape index (κ3) is 4.75. The van der Waals surface area contributed by atoms with Crippen LogP contribution in [0.25, 0.3) is 0 Å². The van der Waals surface area contributed by atoms with E-state index in [2.05, 4.69) is 10.2 Å². The molecule has 0 atom stereocenters. The van der Waals surface area contributed by atoms with Gasteiger partial charge >= 0.3 is 0 Å². The monoisotopic (exact) mass is 403 g/mol. The minimum absolute atomic E-state index is 0.0722. The first-order valence-electron chi connectivity index (χ1n) is 9.19. The molecule has 1 aromatic heterocycles. The van der Waals surface area contributed by atoms with Crippen LogP contribution in [0.15, 0.2) is 41.0 Å². The van der Waals surface area contributed by atoms with Crippen molar-refractivity contribution >= 4 is 23.2 Å². The van der Waals surface area contributed by atoms with Crippen LogP contribution in [0, 0.1) is 0 Å². The number of furan rings is 1. The predicted molar refractivity (Wildman–Crippen MR) is 110 cm³/mol. The maximum Gasteiger partial charge on any atom is 0.289 e. The topological polar surface area (TPSA) is 67.2 Å². The Labute approximate surface area is 170 Å². The van der Waals surface area contributed by atoms with E-state index in [1.165, 1.54) is 6.26 Å². The van der Waals surface area contributed by atoms with Gasteiger partial charge in [0.2, 0.25) is 0 Å². The molecular weight excluding hydrogens is 378 g/mol. The van der Waals surface area contributed by atoms with Crippen LogP contribution in [0.5, 0.6) is 11.5 Å². The fraction of sp³-hybridized carbons (Fsp3) is 0.400. The van der Waals surface area contributed by atoms with Crippen LogP contribution in [0.3, 0.4) is 0 Å². The van der Waals surface area contributed by atoms with E-state index in [4.69, 9.17) is 26.1 Å². The van der Waals surface area contributed by atoms with Crippen molar-refractivity contribution in [2.45, 2.75) is 6.42 Å². The lowest BCUT2D eigenvalue weighted by Gasteiger charge is -2.35. The molecule has 1 aromatic carbocycles. The van der Waals surface area contributed by atoms with Gasteiger partial charge in [0.25, 0.3) is 5.91 Å². The fourth-order valence-corrected chi connectivity index (χ4v) is 3.42. The first-order chi connectivity index (χ1) is 13.6. The van der Waals surface area contributed by atoms with Crippen LogP contribution < -0.4 is 14.8 Å². The molecule has 28 heavy (non-hydrogen) atoms. The average Bonchev–Trinajstić information content (AvgIpc) is 3.28. The van der Waals surface area contributed by atoms with Gasteiger partial charge in [-0.05, 0) is 48.5 Å². The standard InChI is InChI=1S/C20H25N3O4S/c1-25-16-6-5-15(14-18(16)26-2)7-8-21-20(28)23-11-9-22(10-12-23)19(24)17-4-3-13-27-17/h3-6,13-14H,7-12H2,1-2H3,(H,21,28). The van der Waals surface area contributed by atoms with Crippen molar-refractivity contribution in [2.24, 2.45) is 0 Å². The molecule has 7 nitrogen and oxygen atoms in total. The zero-order valence-electron chi connectivity index (χ0n) is 16.1. The molecule has 0 bridgehead atoms. The maximum atomic E-state index is 12.3. The van der Waals surface area contributed by atoms with Crippen LogP contribution in [0.1, 0.15) is 16.1 Å². The first kappa shape index (κ1) is 20.0. The van der Waals surface area contributed by atoms with Gasteiger partial charge in [-0.2, -0.15) is 0 Å². The third-order valence-electron chi connectivity index (χ3n) is 4.72. The van der Waals surface area contributed by atoms with E-state index in [1.807, 2.05) is 18.2 Å². The Hall–Kier alpha value is -2.74. The smallest absolute Gasteiger partial charge is 0.289 e. The third-order valence-corrected chi connectivity index (χ3v) is 5.13. The minimum atomic E-state index is -0.0722. The van der Waals surface area contributed by atoms with Crippen molar-refractivity contribution in [3.63, 3.8) is 0 Å². The second-order valence-electron chi connectivity index (χ2n) is 6.43. The summed E-state index contributed by atoms with van der Waals surface area (Å²) in [6.45, 7) is 3.37. The summed E-state index contributed by atoms with van der Waals surface area (Å²) in [6.07, 6.45) is 2.33. The van der Waals surface area contributed by atoms with E-state index in [1.54, 1.807) is 31.3 Å². The van der Waals surface area contributed by atoms with Gasteiger partial charge in [0.05, 0.1) is 20.5 Å². The van der Waals surface area contributed by atoms with Crippen LogP contribution >= 0.6 is 12.2 Å². The number of nitrogens with zero attached hydrogens (tertiary/aromatic N) is 2. The summed E-state index contributed by atoms with van der Waals surface area (Å²) < 4.78 is 15.8. The number of hydrogen-bond acceptors (Lipinski definition) is 5. The Balaban J connectivity index is 1.43. The molecule has 1 N–H and O–H groups in total. The molecule has 1 aliphatic rings. The minimum Gasteiger partial charge on any atom is -0.493 e. The summed E-state index contributed by atoms with van der Waals surface area (Å²) in [5.41, 5.74) is 1.14. The molecular formula is C20H25N3O4S. The zero-order chi connectivity index (χ0) is 19.9. The molecule has 150 valence electrons. The molecule has 3 rings (SSSR count). The number of carbonyl (C=O) groups excluding carboxylic acids is 1. The molecule has 2 heterocycles. The van der Waals surface area contributed by atoms with Gasteiger partial charge in [0.1, 0.15) is 0 Å². The van der Waals surface area contributed by atoms with Gasteiger partial charge in [-0.1, -0.05) is 6.07 Å². The van der Waals surface area contributed by atoms with Crippen LogP contribution in [-0.2, 0) is 6.42 Å². The Bertz CT molecular complexity index is 802. The normalized spacial score (nSPS) is 13.9. The molecule has 1 amide bonds. The molecule has 2 aromatic rings. The Morgan fingerprint density at radius 1 is 1.11 bits per heavy atom. The quantitative estimate of drug-likeness (QED) is 0.742. The Kier molecular flexibility index (Phi) is 6.76. The number of hydrogen-bond donors (Lipinski definition) is 1. The number of methoxy groups -OCH3 is 2. The fourth-order valence-electron chi connectivity index (χ4n) is 3.13. The number of piperazine rings is 1. The number of carbonyl (C=O) groups is 1. The van der Waals surface area contributed by atoms with Crippen LogP contribution in [0.4, 0.5) is 0 Å². The molecule has 8 heteroatoms. The highest BCUT2D eigenvalue weighted by Gasteiger charge is 2.24. The van der Waals surface area contributed by atoms with E-state index in [9.17, 15) is 4.79 Å². The number of ether oxygens (including phenoxy) is 2. The number of nitrogens with one attached hydrogen (secondary N) is 1. The SMILES string of the molecule is COc1ccc(CCNC(=S)N2CCN(C(=O)c3ccco3)CC2)cc1OC. The maximum absolute atomic E-state index is 12.3. The largest absolute Gasteiger partial charge is 0.493 e. The van der Waals surface area contributed by atoms with E-state index >= 15 is 0 Å².